The summed E-state index contributed by atoms with van der Waals surface area (Å²) < 4.78 is 8.15. The molecule has 5 heterocycles. The van der Waals surface area contributed by atoms with Gasteiger partial charge in [-0.25, -0.2) is 9.78 Å². The third-order valence-electron chi connectivity index (χ3n) is 7.51. The number of likely N-dealkylation sites (tertiary alicyclic amines) is 1. The molecule has 1 aliphatic carbocycles. The standard InChI is InChI=1S/C25H25N5O3S/c1-2-33-24(32)20-21(31)17-9-26-25(29-12-14-10-28(16-7-8-16)11-15(14)13-29)27-22(17)30-18-5-3-4-6-19(18)34-23(20)30/h3-6,9,14-16H,2,7-8,10-13H2,1H3. The SMILES string of the molecule is CCOC(=O)c1c(=O)c2cnc(N3CC4CN(C5CC5)CC4C3)nc2n2c1sc1ccccc12. The maximum atomic E-state index is 13.4. The monoisotopic (exact) mass is 475 g/mol. The van der Waals surface area contributed by atoms with Crippen molar-refractivity contribution in [3.63, 3.8) is 0 Å². The van der Waals surface area contributed by atoms with E-state index in [1.54, 1.807) is 13.1 Å². The Morgan fingerprint density at radius 3 is 2.65 bits per heavy atom. The topological polar surface area (TPSA) is 80.0 Å². The number of hydrogen-bond donors (Lipinski definition) is 0. The Balaban J connectivity index is 1.37. The van der Waals surface area contributed by atoms with Gasteiger partial charge in [-0.1, -0.05) is 12.1 Å². The Kier molecular flexibility index (Phi) is 4.48. The number of fused-ring (bicyclic) bond motifs is 6. The maximum absolute atomic E-state index is 13.4. The zero-order chi connectivity index (χ0) is 23.0. The largest absolute Gasteiger partial charge is 0.462 e. The first kappa shape index (κ1) is 20.3. The molecule has 1 saturated carbocycles. The molecule has 7 rings (SSSR count). The van der Waals surface area contributed by atoms with E-state index >= 15 is 0 Å². The van der Waals surface area contributed by atoms with Gasteiger partial charge in [0.25, 0.3) is 0 Å². The fourth-order valence-electron chi connectivity index (χ4n) is 5.75. The van der Waals surface area contributed by atoms with Crippen LogP contribution in [-0.4, -0.2) is 64.1 Å². The molecule has 174 valence electrons. The van der Waals surface area contributed by atoms with Crippen LogP contribution in [0.4, 0.5) is 5.95 Å². The molecule has 3 fully saturated rings. The summed E-state index contributed by atoms with van der Waals surface area (Å²) in [5, 5.41) is 0.340. The Bertz CT molecular complexity index is 1510. The number of carbonyl (C=O) groups excluding carboxylic acids is 1. The highest BCUT2D eigenvalue weighted by Crippen LogP contribution is 2.39. The van der Waals surface area contributed by atoms with E-state index in [2.05, 4.69) is 14.8 Å². The lowest BCUT2D eigenvalue weighted by atomic mass is 10.0. The van der Waals surface area contributed by atoms with Crippen LogP contribution in [0.3, 0.4) is 0 Å². The number of hydrogen-bond acceptors (Lipinski definition) is 8. The molecule has 2 aliphatic heterocycles. The third kappa shape index (κ3) is 2.99. The first-order chi connectivity index (χ1) is 16.6. The van der Waals surface area contributed by atoms with E-state index in [1.165, 1.54) is 37.3 Å². The average Bonchev–Trinajstić information content (AvgIpc) is 3.32. The van der Waals surface area contributed by atoms with Crippen molar-refractivity contribution in [2.45, 2.75) is 25.8 Å². The van der Waals surface area contributed by atoms with E-state index in [1.807, 2.05) is 28.7 Å². The van der Waals surface area contributed by atoms with Crippen molar-refractivity contribution in [3.05, 3.63) is 46.2 Å². The summed E-state index contributed by atoms with van der Waals surface area (Å²) >= 11 is 1.41. The average molecular weight is 476 g/mol. The minimum absolute atomic E-state index is 0.0581. The molecule has 1 aromatic carbocycles. The van der Waals surface area contributed by atoms with Gasteiger partial charge < -0.3 is 9.64 Å². The van der Waals surface area contributed by atoms with Crippen LogP contribution in [0.15, 0.2) is 35.3 Å². The highest BCUT2D eigenvalue weighted by atomic mass is 32.1. The van der Waals surface area contributed by atoms with Gasteiger partial charge in [-0.05, 0) is 43.7 Å². The first-order valence-corrected chi connectivity index (χ1v) is 12.8. The van der Waals surface area contributed by atoms with Gasteiger partial charge in [-0.3, -0.25) is 14.1 Å². The molecule has 2 unspecified atom stereocenters. The van der Waals surface area contributed by atoms with Crippen molar-refractivity contribution < 1.29 is 9.53 Å². The number of esters is 1. The van der Waals surface area contributed by atoms with Crippen LogP contribution >= 0.6 is 11.3 Å². The maximum Gasteiger partial charge on any atom is 0.345 e. The number of carbonyl (C=O) groups is 1. The molecule has 34 heavy (non-hydrogen) atoms. The second kappa shape index (κ2) is 7.48. The summed E-state index contributed by atoms with van der Waals surface area (Å²) in [4.78, 5) is 41.2. The fraction of sp³-hybridized carbons (Fsp3) is 0.440. The molecule has 4 aromatic rings. The van der Waals surface area contributed by atoms with Gasteiger partial charge in [0, 0.05) is 38.4 Å². The van der Waals surface area contributed by atoms with Crippen molar-refractivity contribution in [2.24, 2.45) is 11.8 Å². The van der Waals surface area contributed by atoms with Gasteiger partial charge in [0.05, 0.1) is 22.2 Å². The van der Waals surface area contributed by atoms with Crippen molar-refractivity contribution in [2.75, 3.05) is 37.7 Å². The number of pyridine rings is 1. The Morgan fingerprint density at radius 1 is 1.15 bits per heavy atom. The van der Waals surface area contributed by atoms with Crippen molar-refractivity contribution >= 4 is 49.3 Å². The zero-order valence-electron chi connectivity index (χ0n) is 18.9. The van der Waals surface area contributed by atoms with Crippen LogP contribution in [0.1, 0.15) is 30.1 Å². The zero-order valence-corrected chi connectivity index (χ0v) is 19.8. The molecule has 2 saturated heterocycles. The molecule has 9 heteroatoms. The summed E-state index contributed by atoms with van der Waals surface area (Å²) in [5.74, 6) is 1.36. The van der Waals surface area contributed by atoms with Crippen LogP contribution in [-0.2, 0) is 4.74 Å². The highest BCUT2D eigenvalue weighted by Gasteiger charge is 2.44. The van der Waals surface area contributed by atoms with Gasteiger partial charge in [0.15, 0.2) is 5.65 Å². The molecule has 0 N–H and O–H groups in total. The molecule has 2 atom stereocenters. The Labute approximate surface area is 199 Å². The number of rotatable bonds is 4. The van der Waals surface area contributed by atoms with Gasteiger partial charge in [-0.2, -0.15) is 4.98 Å². The van der Waals surface area contributed by atoms with Crippen molar-refractivity contribution in [1.82, 2.24) is 19.3 Å². The predicted molar refractivity (Wildman–Crippen MR) is 132 cm³/mol. The number of para-hydroxylation sites is 1. The molecular formula is C25H25N5O3S. The van der Waals surface area contributed by atoms with E-state index in [4.69, 9.17) is 9.72 Å². The molecular weight excluding hydrogens is 450 g/mol. The van der Waals surface area contributed by atoms with Crippen LogP contribution < -0.4 is 10.3 Å². The molecule has 3 aliphatic rings. The molecule has 0 bridgehead atoms. The number of anilines is 1. The highest BCUT2D eigenvalue weighted by molar-refractivity contribution is 7.24. The van der Waals surface area contributed by atoms with Crippen LogP contribution in [0.2, 0.25) is 0 Å². The second-order valence-electron chi connectivity index (χ2n) is 9.65. The predicted octanol–water partition coefficient (Wildman–Crippen LogP) is 3.16. The summed E-state index contributed by atoms with van der Waals surface area (Å²) in [7, 11) is 0. The lowest BCUT2D eigenvalue weighted by Crippen LogP contribution is -2.31. The Morgan fingerprint density at radius 2 is 1.91 bits per heavy atom. The molecule has 0 amide bonds. The summed E-state index contributed by atoms with van der Waals surface area (Å²) in [6.07, 6.45) is 4.29. The number of ether oxygens (including phenoxy) is 1. The molecule has 0 radical (unpaired) electrons. The van der Waals surface area contributed by atoms with Gasteiger partial charge in [0.1, 0.15) is 10.4 Å². The number of benzene rings is 1. The number of nitrogens with zero attached hydrogens (tertiary/aromatic N) is 5. The van der Waals surface area contributed by atoms with E-state index in [9.17, 15) is 9.59 Å². The smallest absolute Gasteiger partial charge is 0.345 e. The lowest BCUT2D eigenvalue weighted by molar-refractivity contribution is 0.0527. The quantitative estimate of drug-likeness (QED) is 0.420. The number of thiazole rings is 1. The van der Waals surface area contributed by atoms with Crippen LogP contribution in [0.25, 0.3) is 26.1 Å². The van der Waals surface area contributed by atoms with Crippen molar-refractivity contribution in [1.29, 1.82) is 0 Å². The summed E-state index contributed by atoms with van der Waals surface area (Å²) in [6.45, 7) is 6.18. The Hall–Kier alpha value is -3.04. The van der Waals surface area contributed by atoms with Gasteiger partial charge in [0.2, 0.25) is 11.4 Å². The molecule has 0 spiro atoms. The van der Waals surface area contributed by atoms with E-state index in [-0.39, 0.29) is 17.6 Å². The van der Waals surface area contributed by atoms with Crippen molar-refractivity contribution in [3.8, 4) is 0 Å². The van der Waals surface area contributed by atoms with Gasteiger partial charge in [-0.15, -0.1) is 11.3 Å². The summed E-state index contributed by atoms with van der Waals surface area (Å²) in [6, 6.07) is 8.71. The van der Waals surface area contributed by atoms with E-state index < -0.39 is 5.97 Å². The van der Waals surface area contributed by atoms with E-state index in [0.717, 1.165) is 29.3 Å². The third-order valence-corrected chi connectivity index (χ3v) is 8.65. The summed E-state index contributed by atoms with van der Waals surface area (Å²) in [5.41, 5.74) is 1.15. The minimum atomic E-state index is -0.602. The lowest BCUT2D eigenvalue weighted by Gasteiger charge is -2.21. The normalized spacial score (nSPS) is 22.8. The van der Waals surface area contributed by atoms with Gasteiger partial charge >= 0.3 is 5.97 Å². The van der Waals surface area contributed by atoms with E-state index in [0.29, 0.717) is 33.6 Å². The van der Waals surface area contributed by atoms with Crippen LogP contribution in [0, 0.1) is 11.8 Å². The molecule has 3 aromatic heterocycles. The molecule has 8 nitrogen and oxygen atoms in total. The first-order valence-electron chi connectivity index (χ1n) is 12.0. The number of aromatic nitrogens is 3. The fourth-order valence-corrected chi connectivity index (χ4v) is 6.93. The second-order valence-corrected chi connectivity index (χ2v) is 10.7. The minimum Gasteiger partial charge on any atom is -0.462 e. The van der Waals surface area contributed by atoms with Crippen LogP contribution in [0.5, 0.6) is 0 Å².